The number of carbonyl (C=O) groups is 3. The molecule has 8 heteroatoms. The van der Waals surface area contributed by atoms with Gasteiger partial charge in [0.25, 0.3) is 0 Å². The molecule has 1 amide bonds. The number of aliphatic hydroxyl groups excluding tert-OH is 2. The standard InChI is InChI=1S/C25H34FNO6/c1-14-10-18-17-5-4-15-11-16(29)6-7-22(15,2)25(17,26)19(30)12-23(18,3)24(14,20(31)13-28)8-9-27-21(32)33/h6-7,11,14,17-19,27-28,30H,4-5,8-10,12-13H2,1-3H3,(H,32,33)/t14-,17?,18?,19-,22-,23-,24-,25?/m0/s1. The van der Waals surface area contributed by atoms with E-state index in [9.17, 15) is 24.6 Å². The largest absolute Gasteiger partial charge is 0.465 e. The number of hydrogen-bond donors (Lipinski definition) is 4. The number of rotatable bonds is 5. The lowest BCUT2D eigenvalue weighted by Gasteiger charge is -2.63. The summed E-state index contributed by atoms with van der Waals surface area (Å²) in [5, 5.41) is 32.7. The number of Topliss-reactive ketones (excluding diaryl/α,β-unsaturated/α-hetero) is 1. The van der Waals surface area contributed by atoms with Gasteiger partial charge in [0, 0.05) is 23.3 Å². The van der Waals surface area contributed by atoms with Gasteiger partial charge in [0.1, 0.15) is 6.61 Å². The number of carbonyl (C=O) groups excluding carboxylic acids is 2. The zero-order valence-corrected chi connectivity index (χ0v) is 19.4. The molecule has 4 aliphatic rings. The van der Waals surface area contributed by atoms with Gasteiger partial charge in [-0.3, -0.25) is 9.59 Å². The van der Waals surface area contributed by atoms with Crippen LogP contribution in [-0.4, -0.2) is 57.9 Å². The zero-order valence-electron chi connectivity index (χ0n) is 19.4. The molecule has 0 aromatic rings. The predicted octanol–water partition coefficient (Wildman–Crippen LogP) is 2.81. The van der Waals surface area contributed by atoms with E-state index >= 15 is 4.39 Å². The fraction of sp³-hybridized carbons (Fsp3) is 0.720. The van der Waals surface area contributed by atoms with Gasteiger partial charge in [0.15, 0.2) is 17.2 Å². The normalized spacial score (nSPS) is 46.1. The van der Waals surface area contributed by atoms with E-state index in [1.54, 1.807) is 13.0 Å². The summed E-state index contributed by atoms with van der Waals surface area (Å²) in [7, 11) is 0. The monoisotopic (exact) mass is 463 g/mol. The van der Waals surface area contributed by atoms with Crippen molar-refractivity contribution in [2.75, 3.05) is 13.2 Å². The van der Waals surface area contributed by atoms with Crippen LogP contribution in [0.5, 0.6) is 0 Å². The molecule has 0 bridgehead atoms. The second-order valence-electron chi connectivity index (χ2n) is 10.9. The molecular weight excluding hydrogens is 429 g/mol. The molecule has 3 unspecified atom stereocenters. The van der Waals surface area contributed by atoms with Gasteiger partial charge < -0.3 is 20.6 Å². The van der Waals surface area contributed by atoms with Gasteiger partial charge in [-0.2, -0.15) is 0 Å². The molecule has 0 aromatic carbocycles. The van der Waals surface area contributed by atoms with Crippen LogP contribution in [0.25, 0.3) is 0 Å². The van der Waals surface area contributed by atoms with Crippen molar-refractivity contribution in [1.82, 2.24) is 5.32 Å². The third-order valence-electron chi connectivity index (χ3n) is 9.94. The van der Waals surface area contributed by atoms with Crippen molar-refractivity contribution in [3.05, 3.63) is 23.8 Å². The third kappa shape index (κ3) is 2.95. The third-order valence-corrected chi connectivity index (χ3v) is 9.94. The maximum Gasteiger partial charge on any atom is 0.404 e. The highest BCUT2D eigenvalue weighted by atomic mass is 19.1. The number of hydrogen-bond acceptors (Lipinski definition) is 5. The van der Waals surface area contributed by atoms with Crippen LogP contribution in [-0.2, 0) is 9.59 Å². The molecule has 0 radical (unpaired) electrons. The van der Waals surface area contributed by atoms with Crippen molar-refractivity contribution in [2.45, 2.75) is 64.6 Å². The Morgan fingerprint density at radius 1 is 1.27 bits per heavy atom. The van der Waals surface area contributed by atoms with Crippen LogP contribution >= 0.6 is 0 Å². The molecule has 0 aliphatic heterocycles. The summed E-state index contributed by atoms with van der Waals surface area (Å²) in [6.07, 6.45) is 3.66. The van der Waals surface area contributed by atoms with Crippen molar-refractivity contribution < 1.29 is 34.1 Å². The van der Waals surface area contributed by atoms with Crippen LogP contribution in [0.1, 0.15) is 52.9 Å². The number of halogens is 1. The summed E-state index contributed by atoms with van der Waals surface area (Å²) < 4.78 is 17.2. The highest BCUT2D eigenvalue weighted by Crippen LogP contribution is 2.73. The van der Waals surface area contributed by atoms with Gasteiger partial charge in [-0.15, -0.1) is 0 Å². The molecule has 3 saturated carbocycles. The smallest absolute Gasteiger partial charge is 0.404 e. The summed E-state index contributed by atoms with van der Waals surface area (Å²) in [6.45, 7) is 4.92. The minimum Gasteiger partial charge on any atom is -0.465 e. The topological polar surface area (TPSA) is 124 Å². The van der Waals surface area contributed by atoms with E-state index in [0.717, 1.165) is 0 Å². The van der Waals surface area contributed by atoms with Crippen LogP contribution in [0.15, 0.2) is 23.8 Å². The quantitative estimate of drug-likeness (QED) is 0.497. The first kappa shape index (κ1) is 24.1. The van der Waals surface area contributed by atoms with Crippen molar-refractivity contribution in [1.29, 1.82) is 0 Å². The number of fused-ring (bicyclic) bond motifs is 5. The molecule has 4 rings (SSSR count). The predicted molar refractivity (Wildman–Crippen MR) is 118 cm³/mol. The number of carboxylic acid groups (broad SMARTS) is 1. The van der Waals surface area contributed by atoms with Crippen LogP contribution in [0, 0.1) is 34.0 Å². The number of aliphatic hydroxyl groups is 2. The van der Waals surface area contributed by atoms with Gasteiger partial charge in [-0.1, -0.05) is 25.5 Å². The summed E-state index contributed by atoms with van der Waals surface area (Å²) in [6, 6.07) is 0. The van der Waals surface area contributed by atoms with E-state index < -0.39 is 46.6 Å². The lowest BCUT2D eigenvalue weighted by atomic mass is 9.43. The van der Waals surface area contributed by atoms with Crippen molar-refractivity contribution in [2.24, 2.45) is 34.0 Å². The first-order valence-corrected chi connectivity index (χ1v) is 11.8. The molecule has 0 heterocycles. The number of alkyl halides is 1. The maximum atomic E-state index is 17.2. The van der Waals surface area contributed by atoms with E-state index in [1.807, 2.05) is 13.8 Å². The Hall–Kier alpha value is -2.06. The fourth-order valence-corrected chi connectivity index (χ4v) is 8.42. The van der Waals surface area contributed by atoms with E-state index in [2.05, 4.69) is 5.32 Å². The number of amides is 1. The van der Waals surface area contributed by atoms with Crippen molar-refractivity contribution >= 4 is 17.7 Å². The molecule has 8 atom stereocenters. The minimum absolute atomic E-state index is 0.0263. The molecule has 4 N–H and O–H groups in total. The van der Waals surface area contributed by atoms with Crippen LogP contribution in [0.3, 0.4) is 0 Å². The Kier molecular flexibility index (Phi) is 5.64. The lowest BCUT2D eigenvalue weighted by Crippen LogP contribution is -2.68. The van der Waals surface area contributed by atoms with Gasteiger partial charge in [0.05, 0.1) is 6.10 Å². The Morgan fingerprint density at radius 2 is 1.97 bits per heavy atom. The zero-order chi connectivity index (χ0) is 24.4. The molecule has 182 valence electrons. The first-order chi connectivity index (χ1) is 15.4. The highest BCUT2D eigenvalue weighted by Gasteiger charge is 2.75. The first-order valence-electron chi connectivity index (χ1n) is 11.8. The van der Waals surface area contributed by atoms with E-state index in [0.29, 0.717) is 24.8 Å². The van der Waals surface area contributed by atoms with Crippen molar-refractivity contribution in [3.63, 3.8) is 0 Å². The molecule has 0 aromatic heterocycles. The Labute approximate surface area is 193 Å². The molecule has 0 saturated heterocycles. The molecule has 4 aliphatic carbocycles. The average Bonchev–Trinajstić information content (AvgIpc) is 2.96. The lowest BCUT2D eigenvalue weighted by molar-refractivity contribution is -0.207. The molecular formula is C25H34FNO6. The molecule has 7 nitrogen and oxygen atoms in total. The van der Waals surface area contributed by atoms with Gasteiger partial charge >= 0.3 is 6.09 Å². The molecule has 3 fully saturated rings. The van der Waals surface area contributed by atoms with Crippen LogP contribution in [0.2, 0.25) is 0 Å². The summed E-state index contributed by atoms with van der Waals surface area (Å²) >= 11 is 0. The highest BCUT2D eigenvalue weighted by molar-refractivity contribution is 6.01. The summed E-state index contributed by atoms with van der Waals surface area (Å²) in [4.78, 5) is 36.3. The number of allylic oxidation sites excluding steroid dienone is 4. The van der Waals surface area contributed by atoms with E-state index in [4.69, 9.17) is 5.11 Å². The van der Waals surface area contributed by atoms with E-state index in [-0.39, 0.29) is 42.8 Å². The second kappa shape index (κ2) is 7.73. The van der Waals surface area contributed by atoms with Crippen molar-refractivity contribution in [3.8, 4) is 0 Å². The van der Waals surface area contributed by atoms with Gasteiger partial charge in [0.2, 0.25) is 0 Å². The van der Waals surface area contributed by atoms with Crippen LogP contribution < -0.4 is 5.32 Å². The van der Waals surface area contributed by atoms with E-state index in [1.165, 1.54) is 12.2 Å². The van der Waals surface area contributed by atoms with Gasteiger partial charge in [-0.25, -0.2) is 9.18 Å². The molecule has 0 spiro atoms. The SMILES string of the molecule is C[C@H]1CC2C3CCC4=CC(=O)C=C[C@]4(C)C3(F)[C@@H](O)C[C@]2(C)[C@]1(CCNC(=O)O)C(=O)CO. The number of ketones is 2. The average molecular weight is 464 g/mol. The fourth-order valence-electron chi connectivity index (χ4n) is 8.42. The number of nitrogens with one attached hydrogen (secondary N) is 1. The molecule has 33 heavy (non-hydrogen) atoms. The Bertz CT molecular complexity index is 947. The summed E-state index contributed by atoms with van der Waals surface area (Å²) in [5.74, 6) is -1.53. The second-order valence-corrected chi connectivity index (χ2v) is 10.9. The summed E-state index contributed by atoms with van der Waals surface area (Å²) in [5.41, 5.74) is -4.28. The Morgan fingerprint density at radius 3 is 2.61 bits per heavy atom. The maximum absolute atomic E-state index is 17.2. The minimum atomic E-state index is -1.99. The van der Waals surface area contributed by atoms with Gasteiger partial charge in [-0.05, 0) is 68.4 Å². The van der Waals surface area contributed by atoms with Crippen LogP contribution in [0.4, 0.5) is 9.18 Å². The Balaban J connectivity index is 1.79.